The number of hydrogen-bond donors (Lipinski definition) is 0. The Hall–Kier alpha value is -1.75. The van der Waals surface area contributed by atoms with Gasteiger partial charge in [0.05, 0.1) is 0 Å². The van der Waals surface area contributed by atoms with Crippen LogP contribution in [0.3, 0.4) is 0 Å². The van der Waals surface area contributed by atoms with Crippen LogP contribution >= 0.6 is 15.9 Å². The molecule has 0 spiro atoms. The van der Waals surface area contributed by atoms with Crippen LogP contribution < -0.4 is 0 Å². The molecule has 0 radical (unpaired) electrons. The summed E-state index contributed by atoms with van der Waals surface area (Å²) in [4.78, 5) is 22.3. The molecule has 0 aliphatic carbocycles. The van der Waals surface area contributed by atoms with E-state index in [1.54, 1.807) is 29.4 Å². The standard InChI is InChI=1S/C14H14BrN3O/c1-2-18(10-11-6-8-16-9-7-11)14(19)12-4-3-5-13(15)17-12/h3-9H,2,10H2,1H3. The summed E-state index contributed by atoms with van der Waals surface area (Å²) in [5.74, 6) is -0.0689. The molecule has 5 heteroatoms. The molecular formula is C14H14BrN3O. The lowest BCUT2D eigenvalue weighted by Gasteiger charge is -2.20. The minimum atomic E-state index is -0.0689. The van der Waals surface area contributed by atoms with Gasteiger partial charge in [-0.15, -0.1) is 0 Å². The third-order valence-electron chi connectivity index (χ3n) is 2.73. The Labute approximate surface area is 120 Å². The Morgan fingerprint density at radius 3 is 2.63 bits per heavy atom. The molecule has 19 heavy (non-hydrogen) atoms. The number of rotatable bonds is 4. The van der Waals surface area contributed by atoms with E-state index in [4.69, 9.17) is 0 Å². The number of aromatic nitrogens is 2. The molecule has 2 aromatic rings. The fourth-order valence-corrected chi connectivity index (χ4v) is 2.07. The van der Waals surface area contributed by atoms with Crippen molar-refractivity contribution in [3.63, 3.8) is 0 Å². The normalized spacial score (nSPS) is 10.2. The molecule has 1 amide bonds. The average molecular weight is 320 g/mol. The fourth-order valence-electron chi connectivity index (χ4n) is 1.73. The highest BCUT2D eigenvalue weighted by molar-refractivity contribution is 9.10. The lowest BCUT2D eigenvalue weighted by molar-refractivity contribution is 0.0746. The molecule has 98 valence electrons. The maximum Gasteiger partial charge on any atom is 0.272 e. The van der Waals surface area contributed by atoms with Crippen molar-refractivity contribution in [3.8, 4) is 0 Å². The molecule has 0 aliphatic rings. The van der Waals surface area contributed by atoms with Crippen LogP contribution in [-0.4, -0.2) is 27.3 Å². The number of hydrogen-bond acceptors (Lipinski definition) is 3. The monoisotopic (exact) mass is 319 g/mol. The van der Waals surface area contributed by atoms with Crippen LogP contribution in [0.2, 0.25) is 0 Å². The summed E-state index contributed by atoms with van der Waals surface area (Å²) in [6.07, 6.45) is 3.45. The number of carbonyl (C=O) groups excluding carboxylic acids is 1. The van der Waals surface area contributed by atoms with Gasteiger partial charge < -0.3 is 4.90 Å². The summed E-state index contributed by atoms with van der Waals surface area (Å²) in [5.41, 5.74) is 1.51. The number of nitrogens with zero attached hydrogens (tertiary/aromatic N) is 3. The van der Waals surface area contributed by atoms with Crippen LogP contribution in [0.1, 0.15) is 23.0 Å². The molecule has 0 fully saturated rings. The number of pyridine rings is 2. The summed E-state index contributed by atoms with van der Waals surface area (Å²) in [6, 6.07) is 9.15. The van der Waals surface area contributed by atoms with Crippen molar-refractivity contribution in [2.24, 2.45) is 0 Å². The van der Waals surface area contributed by atoms with Gasteiger partial charge in [0.2, 0.25) is 0 Å². The minimum absolute atomic E-state index is 0.0689. The molecule has 0 aromatic carbocycles. The van der Waals surface area contributed by atoms with E-state index in [9.17, 15) is 4.79 Å². The zero-order valence-electron chi connectivity index (χ0n) is 10.6. The van der Waals surface area contributed by atoms with Crippen molar-refractivity contribution < 1.29 is 4.79 Å². The zero-order valence-corrected chi connectivity index (χ0v) is 12.2. The topological polar surface area (TPSA) is 46.1 Å². The summed E-state index contributed by atoms with van der Waals surface area (Å²) < 4.78 is 0.665. The van der Waals surface area contributed by atoms with Gasteiger partial charge in [0.25, 0.3) is 5.91 Å². The highest BCUT2D eigenvalue weighted by Gasteiger charge is 2.15. The van der Waals surface area contributed by atoms with Gasteiger partial charge in [-0.25, -0.2) is 4.98 Å². The number of halogens is 1. The highest BCUT2D eigenvalue weighted by Crippen LogP contribution is 2.11. The predicted octanol–water partition coefficient (Wildman–Crippen LogP) is 2.90. The van der Waals surface area contributed by atoms with Crippen molar-refractivity contribution in [2.75, 3.05) is 6.54 Å². The summed E-state index contributed by atoms with van der Waals surface area (Å²) in [5, 5.41) is 0. The Bertz CT molecular complexity index is 560. The van der Waals surface area contributed by atoms with Crippen LogP contribution in [0.5, 0.6) is 0 Å². The first kappa shape index (κ1) is 13.7. The molecule has 0 N–H and O–H groups in total. The minimum Gasteiger partial charge on any atom is -0.333 e. The Morgan fingerprint density at radius 2 is 2.00 bits per heavy atom. The zero-order chi connectivity index (χ0) is 13.7. The van der Waals surface area contributed by atoms with Crippen LogP contribution in [0.15, 0.2) is 47.3 Å². The second kappa shape index (κ2) is 6.43. The highest BCUT2D eigenvalue weighted by atomic mass is 79.9. The van der Waals surface area contributed by atoms with Crippen molar-refractivity contribution in [2.45, 2.75) is 13.5 Å². The first-order valence-corrected chi connectivity index (χ1v) is 6.80. The molecule has 4 nitrogen and oxygen atoms in total. The van der Waals surface area contributed by atoms with Crippen molar-refractivity contribution in [1.82, 2.24) is 14.9 Å². The van der Waals surface area contributed by atoms with Gasteiger partial charge in [-0.1, -0.05) is 6.07 Å². The maximum absolute atomic E-state index is 12.4. The van der Waals surface area contributed by atoms with Crippen molar-refractivity contribution in [1.29, 1.82) is 0 Å². The first-order chi connectivity index (χ1) is 9.20. The van der Waals surface area contributed by atoms with Crippen LogP contribution in [0.4, 0.5) is 0 Å². The number of amides is 1. The van der Waals surface area contributed by atoms with Gasteiger partial charge in [0.15, 0.2) is 0 Å². The number of carbonyl (C=O) groups is 1. The van der Waals surface area contributed by atoms with E-state index < -0.39 is 0 Å². The molecule has 2 heterocycles. The fraction of sp³-hybridized carbons (Fsp3) is 0.214. The van der Waals surface area contributed by atoms with Gasteiger partial charge in [0, 0.05) is 25.5 Å². The molecule has 0 atom stereocenters. The van der Waals surface area contributed by atoms with Crippen molar-refractivity contribution >= 4 is 21.8 Å². The molecule has 0 bridgehead atoms. The molecule has 2 rings (SSSR count). The third-order valence-corrected chi connectivity index (χ3v) is 3.17. The van der Waals surface area contributed by atoms with E-state index in [-0.39, 0.29) is 5.91 Å². The largest absolute Gasteiger partial charge is 0.333 e. The van der Waals surface area contributed by atoms with Crippen LogP contribution in [0, 0.1) is 0 Å². The van der Waals surface area contributed by atoms with Gasteiger partial charge in [0.1, 0.15) is 10.3 Å². The molecule has 2 aromatic heterocycles. The summed E-state index contributed by atoms with van der Waals surface area (Å²) >= 11 is 3.28. The first-order valence-electron chi connectivity index (χ1n) is 6.01. The molecule has 0 aliphatic heterocycles. The quantitative estimate of drug-likeness (QED) is 0.814. The van der Waals surface area contributed by atoms with Crippen LogP contribution in [-0.2, 0) is 6.54 Å². The van der Waals surface area contributed by atoms with Gasteiger partial charge in [-0.3, -0.25) is 9.78 Å². The predicted molar refractivity (Wildman–Crippen MR) is 76.6 cm³/mol. The van der Waals surface area contributed by atoms with Gasteiger partial charge in [-0.05, 0) is 52.7 Å². The third kappa shape index (κ3) is 3.61. The average Bonchev–Trinajstić information content (AvgIpc) is 2.45. The van der Waals surface area contributed by atoms with Crippen molar-refractivity contribution in [3.05, 3.63) is 58.6 Å². The molecular weight excluding hydrogens is 306 g/mol. The summed E-state index contributed by atoms with van der Waals surface area (Å²) in [6.45, 7) is 3.15. The van der Waals surface area contributed by atoms with E-state index in [2.05, 4.69) is 25.9 Å². The second-order valence-electron chi connectivity index (χ2n) is 4.02. The molecule has 0 saturated carbocycles. The van der Waals surface area contributed by atoms with E-state index >= 15 is 0 Å². The lowest BCUT2D eigenvalue weighted by Crippen LogP contribution is -2.31. The second-order valence-corrected chi connectivity index (χ2v) is 4.83. The Morgan fingerprint density at radius 1 is 1.26 bits per heavy atom. The molecule has 0 unspecified atom stereocenters. The summed E-state index contributed by atoms with van der Waals surface area (Å²) in [7, 11) is 0. The maximum atomic E-state index is 12.4. The smallest absolute Gasteiger partial charge is 0.272 e. The van der Waals surface area contributed by atoms with E-state index in [1.807, 2.05) is 25.1 Å². The van der Waals surface area contributed by atoms with Gasteiger partial charge in [-0.2, -0.15) is 0 Å². The SMILES string of the molecule is CCN(Cc1ccncc1)C(=O)c1cccc(Br)n1. The van der Waals surface area contributed by atoms with E-state index in [0.717, 1.165) is 5.56 Å². The lowest BCUT2D eigenvalue weighted by atomic mass is 10.2. The van der Waals surface area contributed by atoms with Gasteiger partial charge >= 0.3 is 0 Å². The van der Waals surface area contributed by atoms with E-state index in [0.29, 0.717) is 23.4 Å². The Balaban J connectivity index is 2.16. The van der Waals surface area contributed by atoms with Crippen LogP contribution in [0.25, 0.3) is 0 Å². The Kier molecular flexibility index (Phi) is 4.63. The van der Waals surface area contributed by atoms with E-state index in [1.165, 1.54) is 0 Å². The molecule has 0 saturated heterocycles.